The molecule has 7 heteroatoms. The largest absolute Gasteiger partial charge is 0.383 e. The van der Waals surface area contributed by atoms with Gasteiger partial charge >= 0.3 is 0 Å². The summed E-state index contributed by atoms with van der Waals surface area (Å²) in [5, 5.41) is 11.6. The van der Waals surface area contributed by atoms with Crippen LogP contribution in [0.15, 0.2) is 6.20 Å². The van der Waals surface area contributed by atoms with Crippen LogP contribution in [-0.4, -0.2) is 38.9 Å². The lowest BCUT2D eigenvalue weighted by atomic mass is 10.2. The molecule has 0 aromatic carbocycles. The van der Waals surface area contributed by atoms with Crippen LogP contribution in [0.4, 0.5) is 11.8 Å². The number of rotatable bonds is 3. The van der Waals surface area contributed by atoms with E-state index in [0.717, 1.165) is 24.1 Å². The second-order valence-electron chi connectivity index (χ2n) is 4.61. The fourth-order valence-electron chi connectivity index (χ4n) is 2.27. The van der Waals surface area contributed by atoms with E-state index >= 15 is 0 Å². The zero-order valence-corrected chi connectivity index (χ0v) is 10.3. The molecule has 1 atom stereocenters. The minimum absolute atomic E-state index is 0.468. The first-order chi connectivity index (χ1) is 8.74. The number of anilines is 2. The molecule has 0 saturated carbocycles. The molecular formula is C11H17N7. The quantitative estimate of drug-likeness (QED) is 0.712. The van der Waals surface area contributed by atoms with Gasteiger partial charge in [0.25, 0.3) is 0 Å². The first-order valence-electron chi connectivity index (χ1n) is 6.16. The summed E-state index contributed by atoms with van der Waals surface area (Å²) < 4.78 is 1.70. The maximum absolute atomic E-state index is 5.89. The molecule has 3 rings (SSSR count). The molecule has 2 aromatic rings. The monoisotopic (exact) mass is 247 g/mol. The Hall–Kier alpha value is -1.89. The van der Waals surface area contributed by atoms with E-state index in [1.54, 1.807) is 10.9 Å². The van der Waals surface area contributed by atoms with Gasteiger partial charge in [0, 0.05) is 19.6 Å². The maximum atomic E-state index is 5.89. The minimum atomic E-state index is 0.468. The molecule has 1 aliphatic rings. The molecular weight excluding hydrogens is 230 g/mol. The predicted molar refractivity (Wildman–Crippen MR) is 70.2 cm³/mol. The van der Waals surface area contributed by atoms with Crippen molar-refractivity contribution in [2.75, 3.05) is 24.1 Å². The van der Waals surface area contributed by atoms with E-state index in [1.807, 2.05) is 7.05 Å². The van der Waals surface area contributed by atoms with Gasteiger partial charge in [0.15, 0.2) is 5.65 Å². The van der Waals surface area contributed by atoms with Crippen molar-refractivity contribution >= 4 is 22.8 Å². The van der Waals surface area contributed by atoms with Crippen molar-refractivity contribution in [2.45, 2.75) is 18.9 Å². The smallest absolute Gasteiger partial charge is 0.226 e. The van der Waals surface area contributed by atoms with Crippen LogP contribution in [0.5, 0.6) is 0 Å². The topological polar surface area (TPSA) is 93.7 Å². The number of nitrogen functional groups attached to an aromatic ring is 1. The van der Waals surface area contributed by atoms with Gasteiger partial charge in [-0.1, -0.05) is 0 Å². The number of hydrogen-bond acceptors (Lipinski definition) is 6. The summed E-state index contributed by atoms with van der Waals surface area (Å²) >= 11 is 0. The Balaban J connectivity index is 1.81. The summed E-state index contributed by atoms with van der Waals surface area (Å²) in [7, 11) is 1.84. The van der Waals surface area contributed by atoms with Gasteiger partial charge in [-0.2, -0.15) is 15.1 Å². The third-order valence-electron chi connectivity index (χ3n) is 3.29. The second-order valence-corrected chi connectivity index (χ2v) is 4.61. The van der Waals surface area contributed by atoms with Crippen LogP contribution >= 0.6 is 0 Å². The molecule has 96 valence electrons. The lowest BCUT2D eigenvalue weighted by molar-refractivity contribution is 0.631. The summed E-state index contributed by atoms with van der Waals surface area (Å²) in [6.07, 6.45) is 4.11. The average molecular weight is 247 g/mol. The van der Waals surface area contributed by atoms with Crippen molar-refractivity contribution < 1.29 is 0 Å². The Morgan fingerprint density at radius 1 is 1.56 bits per heavy atom. The Kier molecular flexibility index (Phi) is 2.75. The molecule has 3 heterocycles. The molecule has 0 bridgehead atoms. The summed E-state index contributed by atoms with van der Waals surface area (Å²) in [5.74, 6) is 1.03. The zero-order chi connectivity index (χ0) is 12.5. The fourth-order valence-corrected chi connectivity index (χ4v) is 2.27. The van der Waals surface area contributed by atoms with Crippen LogP contribution in [0.1, 0.15) is 12.8 Å². The zero-order valence-electron chi connectivity index (χ0n) is 10.3. The van der Waals surface area contributed by atoms with Crippen molar-refractivity contribution in [2.24, 2.45) is 7.05 Å². The lowest BCUT2D eigenvalue weighted by Gasteiger charge is -2.11. The Morgan fingerprint density at radius 3 is 3.22 bits per heavy atom. The number of nitrogens with one attached hydrogen (secondary N) is 2. The molecule has 1 fully saturated rings. The lowest BCUT2D eigenvalue weighted by Crippen LogP contribution is -2.29. The normalized spacial score (nSPS) is 19.5. The van der Waals surface area contributed by atoms with Crippen molar-refractivity contribution in [3.05, 3.63) is 6.20 Å². The molecule has 4 N–H and O–H groups in total. The van der Waals surface area contributed by atoms with E-state index in [4.69, 9.17) is 5.73 Å². The van der Waals surface area contributed by atoms with Crippen LogP contribution in [0.25, 0.3) is 11.0 Å². The highest BCUT2D eigenvalue weighted by atomic mass is 15.3. The number of aryl methyl sites for hydroxylation is 1. The molecule has 0 amide bonds. The highest BCUT2D eigenvalue weighted by Crippen LogP contribution is 2.18. The number of nitrogens with zero attached hydrogens (tertiary/aromatic N) is 4. The van der Waals surface area contributed by atoms with Gasteiger partial charge in [0.1, 0.15) is 5.82 Å². The third-order valence-corrected chi connectivity index (χ3v) is 3.29. The predicted octanol–water partition coefficient (Wildman–Crippen LogP) is 0.109. The van der Waals surface area contributed by atoms with E-state index in [-0.39, 0.29) is 0 Å². The summed E-state index contributed by atoms with van der Waals surface area (Å²) in [6, 6.07) is 0.497. The first-order valence-corrected chi connectivity index (χ1v) is 6.16. The van der Waals surface area contributed by atoms with Crippen LogP contribution < -0.4 is 16.4 Å². The number of aromatic nitrogens is 4. The van der Waals surface area contributed by atoms with Gasteiger partial charge in [0.05, 0.1) is 11.6 Å². The molecule has 0 spiro atoms. The van der Waals surface area contributed by atoms with Crippen LogP contribution in [-0.2, 0) is 7.05 Å². The molecule has 0 aliphatic carbocycles. The Bertz CT molecular complexity index is 556. The van der Waals surface area contributed by atoms with E-state index in [2.05, 4.69) is 25.7 Å². The summed E-state index contributed by atoms with van der Waals surface area (Å²) in [5.41, 5.74) is 6.65. The summed E-state index contributed by atoms with van der Waals surface area (Å²) in [4.78, 5) is 8.68. The number of nitrogens with two attached hydrogens (primary N) is 1. The first kappa shape index (κ1) is 11.2. The maximum Gasteiger partial charge on any atom is 0.226 e. The highest BCUT2D eigenvalue weighted by Gasteiger charge is 2.15. The Morgan fingerprint density at radius 2 is 2.44 bits per heavy atom. The SMILES string of the molecule is Cn1ncc2c(N)nc(NC[C@H]3CCCN3)nc21. The minimum Gasteiger partial charge on any atom is -0.383 e. The number of fused-ring (bicyclic) bond motifs is 1. The highest BCUT2D eigenvalue weighted by molar-refractivity contribution is 5.86. The second kappa shape index (κ2) is 4.41. The van der Waals surface area contributed by atoms with E-state index < -0.39 is 0 Å². The van der Waals surface area contributed by atoms with E-state index in [0.29, 0.717) is 17.8 Å². The standard InChI is InChI=1S/C11H17N7/c1-18-10-8(6-15-18)9(12)16-11(17-10)14-5-7-3-2-4-13-7/h6-7,13H,2-5H2,1H3,(H3,12,14,16,17)/t7-/m1/s1. The van der Waals surface area contributed by atoms with Gasteiger partial charge in [-0.3, -0.25) is 4.68 Å². The molecule has 1 aliphatic heterocycles. The van der Waals surface area contributed by atoms with Crippen molar-refractivity contribution in [3.8, 4) is 0 Å². The Labute approximate surface area is 105 Å². The van der Waals surface area contributed by atoms with Crippen molar-refractivity contribution in [1.29, 1.82) is 0 Å². The van der Waals surface area contributed by atoms with E-state index in [1.165, 1.54) is 12.8 Å². The van der Waals surface area contributed by atoms with Gasteiger partial charge in [0.2, 0.25) is 5.95 Å². The molecule has 0 unspecified atom stereocenters. The molecule has 18 heavy (non-hydrogen) atoms. The van der Waals surface area contributed by atoms with Crippen molar-refractivity contribution in [3.63, 3.8) is 0 Å². The van der Waals surface area contributed by atoms with E-state index in [9.17, 15) is 0 Å². The third kappa shape index (κ3) is 1.97. The molecule has 1 saturated heterocycles. The van der Waals surface area contributed by atoms with Crippen molar-refractivity contribution in [1.82, 2.24) is 25.1 Å². The fraction of sp³-hybridized carbons (Fsp3) is 0.545. The molecule has 0 radical (unpaired) electrons. The van der Waals surface area contributed by atoms with Gasteiger partial charge in [-0.15, -0.1) is 0 Å². The van der Waals surface area contributed by atoms with Crippen LogP contribution in [0.2, 0.25) is 0 Å². The van der Waals surface area contributed by atoms with Gasteiger partial charge < -0.3 is 16.4 Å². The van der Waals surface area contributed by atoms with Crippen LogP contribution in [0.3, 0.4) is 0 Å². The average Bonchev–Trinajstić information content (AvgIpc) is 2.98. The van der Waals surface area contributed by atoms with Crippen LogP contribution in [0, 0.1) is 0 Å². The molecule has 2 aromatic heterocycles. The summed E-state index contributed by atoms with van der Waals surface area (Å²) in [6.45, 7) is 1.92. The number of hydrogen-bond donors (Lipinski definition) is 3. The van der Waals surface area contributed by atoms with Gasteiger partial charge in [-0.05, 0) is 19.4 Å². The molecule has 7 nitrogen and oxygen atoms in total. The van der Waals surface area contributed by atoms with Gasteiger partial charge in [-0.25, -0.2) is 0 Å².